The monoisotopic (exact) mass is 424 g/mol. The lowest BCUT2D eigenvalue weighted by atomic mass is 10.2. The highest BCUT2D eigenvalue weighted by molar-refractivity contribution is 6.31. The third kappa shape index (κ3) is 6.48. The molecule has 0 aliphatic rings. The van der Waals surface area contributed by atoms with E-state index in [1.54, 1.807) is 0 Å². The second kappa shape index (κ2) is 11.0. The Morgan fingerprint density at radius 1 is 1.03 bits per heavy atom. The van der Waals surface area contributed by atoms with Crippen molar-refractivity contribution in [3.05, 3.63) is 94.8 Å². The Labute approximate surface area is 184 Å². The molecule has 3 aromatic rings. The molecule has 0 N–H and O–H groups in total. The van der Waals surface area contributed by atoms with E-state index in [4.69, 9.17) is 16.3 Å². The molecule has 0 radical (unpaired) electrons. The van der Waals surface area contributed by atoms with E-state index >= 15 is 0 Å². The van der Waals surface area contributed by atoms with Gasteiger partial charge in [0.05, 0.1) is 13.2 Å². The number of ether oxygens (including phenoxy) is 1. The minimum atomic E-state index is 0.00475. The van der Waals surface area contributed by atoms with Gasteiger partial charge in [-0.2, -0.15) is 0 Å². The van der Waals surface area contributed by atoms with E-state index in [2.05, 4.69) is 24.5 Å². The van der Waals surface area contributed by atoms with Crippen molar-refractivity contribution in [2.75, 3.05) is 13.2 Å². The van der Waals surface area contributed by atoms with Gasteiger partial charge in [-0.05, 0) is 35.2 Å². The van der Waals surface area contributed by atoms with Gasteiger partial charge in [0.25, 0.3) is 0 Å². The molecule has 1 amide bonds. The van der Waals surface area contributed by atoms with Gasteiger partial charge in [0.2, 0.25) is 5.91 Å². The van der Waals surface area contributed by atoms with Crippen molar-refractivity contribution in [2.24, 2.45) is 5.92 Å². The zero-order valence-corrected chi connectivity index (χ0v) is 18.4. The van der Waals surface area contributed by atoms with Crippen LogP contribution in [0.1, 0.15) is 30.7 Å². The van der Waals surface area contributed by atoms with E-state index in [9.17, 15) is 4.79 Å². The van der Waals surface area contributed by atoms with E-state index in [-0.39, 0.29) is 12.5 Å². The summed E-state index contributed by atoms with van der Waals surface area (Å²) in [6, 6.07) is 21.8. The van der Waals surface area contributed by atoms with Gasteiger partial charge in [0, 0.05) is 30.0 Å². The molecule has 1 heterocycles. The minimum Gasteiger partial charge on any atom is -0.367 e. The molecule has 0 fully saturated rings. The van der Waals surface area contributed by atoms with Crippen LogP contribution in [0.3, 0.4) is 0 Å². The Hall–Kier alpha value is -2.56. The zero-order chi connectivity index (χ0) is 21.3. The molecule has 0 atom stereocenters. The van der Waals surface area contributed by atoms with Crippen LogP contribution in [-0.4, -0.2) is 28.5 Å². The normalized spacial score (nSPS) is 11.1. The third-order valence-electron chi connectivity index (χ3n) is 4.85. The Bertz CT molecular complexity index is 937. The SMILES string of the molecule is CC(C)CN(Cc1cccn1Cc1ccccc1Cl)C(=O)COCc1ccccc1. The van der Waals surface area contributed by atoms with Gasteiger partial charge in [-0.3, -0.25) is 4.79 Å². The van der Waals surface area contributed by atoms with Gasteiger partial charge in [-0.1, -0.05) is 74.0 Å². The first kappa shape index (κ1) is 22.1. The Morgan fingerprint density at radius 2 is 1.77 bits per heavy atom. The van der Waals surface area contributed by atoms with Crippen molar-refractivity contribution in [2.45, 2.75) is 33.5 Å². The summed E-state index contributed by atoms with van der Waals surface area (Å²) in [5.74, 6) is 0.375. The van der Waals surface area contributed by atoms with Crippen LogP contribution in [0, 0.1) is 5.92 Å². The average molecular weight is 425 g/mol. The fraction of sp³-hybridized carbons (Fsp3) is 0.320. The van der Waals surface area contributed by atoms with E-state index < -0.39 is 0 Å². The largest absolute Gasteiger partial charge is 0.367 e. The molecule has 0 unspecified atom stereocenters. The van der Waals surface area contributed by atoms with Crippen molar-refractivity contribution < 1.29 is 9.53 Å². The lowest BCUT2D eigenvalue weighted by molar-refractivity contribution is -0.137. The molecule has 0 spiro atoms. The number of halogens is 1. The second-order valence-electron chi connectivity index (χ2n) is 7.87. The summed E-state index contributed by atoms with van der Waals surface area (Å²) in [7, 11) is 0. The van der Waals surface area contributed by atoms with Gasteiger partial charge >= 0.3 is 0 Å². The van der Waals surface area contributed by atoms with Crippen molar-refractivity contribution >= 4 is 17.5 Å². The smallest absolute Gasteiger partial charge is 0.248 e. The summed E-state index contributed by atoms with van der Waals surface area (Å²) < 4.78 is 7.83. The number of rotatable bonds is 10. The van der Waals surface area contributed by atoms with Crippen LogP contribution in [0.5, 0.6) is 0 Å². The predicted molar refractivity (Wildman–Crippen MR) is 121 cm³/mol. The highest BCUT2D eigenvalue weighted by Crippen LogP contribution is 2.18. The van der Waals surface area contributed by atoms with Gasteiger partial charge in [0.15, 0.2) is 0 Å². The molecule has 3 rings (SSSR count). The summed E-state index contributed by atoms with van der Waals surface area (Å²) in [5.41, 5.74) is 3.20. The van der Waals surface area contributed by atoms with Crippen LogP contribution in [0.25, 0.3) is 0 Å². The maximum atomic E-state index is 12.9. The van der Waals surface area contributed by atoms with E-state index in [0.717, 1.165) is 21.8 Å². The summed E-state index contributed by atoms with van der Waals surface area (Å²) in [5, 5.41) is 0.751. The van der Waals surface area contributed by atoms with Crippen LogP contribution in [0.15, 0.2) is 72.9 Å². The number of hydrogen-bond acceptors (Lipinski definition) is 2. The average Bonchev–Trinajstić information content (AvgIpc) is 3.16. The van der Waals surface area contributed by atoms with E-state index in [1.807, 2.05) is 71.8 Å². The summed E-state index contributed by atoms with van der Waals surface area (Å²) in [6.07, 6.45) is 2.03. The summed E-state index contributed by atoms with van der Waals surface area (Å²) in [6.45, 7) is 6.66. The van der Waals surface area contributed by atoms with Gasteiger partial charge in [0.1, 0.15) is 6.61 Å². The number of aromatic nitrogens is 1. The quantitative estimate of drug-likeness (QED) is 0.437. The fourth-order valence-electron chi connectivity index (χ4n) is 3.37. The second-order valence-corrected chi connectivity index (χ2v) is 8.27. The highest BCUT2D eigenvalue weighted by atomic mass is 35.5. The molecule has 0 saturated carbocycles. The molecule has 0 aliphatic carbocycles. The summed E-state index contributed by atoms with van der Waals surface area (Å²) >= 11 is 6.33. The minimum absolute atomic E-state index is 0.00475. The molecule has 4 nitrogen and oxygen atoms in total. The number of carbonyl (C=O) groups is 1. The summed E-state index contributed by atoms with van der Waals surface area (Å²) in [4.78, 5) is 14.8. The molecule has 5 heteroatoms. The number of nitrogens with zero attached hydrogens (tertiary/aromatic N) is 2. The maximum absolute atomic E-state index is 12.9. The fourth-order valence-corrected chi connectivity index (χ4v) is 3.57. The Balaban J connectivity index is 1.64. The number of hydrogen-bond donors (Lipinski definition) is 0. The molecule has 1 aromatic heterocycles. The first-order valence-electron chi connectivity index (χ1n) is 10.3. The third-order valence-corrected chi connectivity index (χ3v) is 5.22. The Morgan fingerprint density at radius 3 is 2.50 bits per heavy atom. The first-order chi connectivity index (χ1) is 14.5. The molecular formula is C25H29ClN2O2. The number of benzene rings is 2. The topological polar surface area (TPSA) is 34.5 Å². The van der Waals surface area contributed by atoms with Crippen LogP contribution < -0.4 is 0 Å². The maximum Gasteiger partial charge on any atom is 0.248 e. The van der Waals surface area contributed by atoms with Crippen LogP contribution in [0.4, 0.5) is 0 Å². The van der Waals surface area contributed by atoms with E-state index in [1.165, 1.54) is 0 Å². The molecular weight excluding hydrogens is 396 g/mol. The van der Waals surface area contributed by atoms with Gasteiger partial charge in [-0.25, -0.2) is 0 Å². The Kier molecular flexibility index (Phi) is 8.12. The zero-order valence-electron chi connectivity index (χ0n) is 17.6. The van der Waals surface area contributed by atoms with Gasteiger partial charge in [-0.15, -0.1) is 0 Å². The van der Waals surface area contributed by atoms with Crippen molar-refractivity contribution in [1.29, 1.82) is 0 Å². The molecule has 0 bridgehead atoms. The first-order valence-corrected chi connectivity index (χ1v) is 10.7. The molecule has 30 heavy (non-hydrogen) atoms. The lowest BCUT2D eigenvalue weighted by Crippen LogP contribution is -2.37. The van der Waals surface area contributed by atoms with Crippen molar-refractivity contribution in [3.8, 4) is 0 Å². The standard InChI is InChI=1S/C25H29ClN2O2/c1-20(2)15-28(25(29)19-30-18-21-9-4-3-5-10-21)17-23-12-8-14-27(23)16-22-11-6-7-13-24(22)26/h3-14,20H,15-19H2,1-2H3. The lowest BCUT2D eigenvalue weighted by Gasteiger charge is -2.25. The van der Waals surface area contributed by atoms with Crippen LogP contribution >= 0.6 is 11.6 Å². The van der Waals surface area contributed by atoms with Gasteiger partial charge < -0.3 is 14.2 Å². The highest BCUT2D eigenvalue weighted by Gasteiger charge is 2.17. The number of carbonyl (C=O) groups excluding carboxylic acids is 1. The van der Waals surface area contributed by atoms with E-state index in [0.29, 0.717) is 32.2 Å². The van der Waals surface area contributed by atoms with Crippen molar-refractivity contribution in [3.63, 3.8) is 0 Å². The van der Waals surface area contributed by atoms with Crippen molar-refractivity contribution in [1.82, 2.24) is 9.47 Å². The molecule has 0 aliphatic heterocycles. The van der Waals surface area contributed by atoms with Crippen LogP contribution in [-0.2, 0) is 29.2 Å². The molecule has 158 valence electrons. The molecule has 2 aromatic carbocycles. The molecule has 0 saturated heterocycles. The van der Waals surface area contributed by atoms with Crippen LogP contribution in [0.2, 0.25) is 5.02 Å². The predicted octanol–water partition coefficient (Wildman–Crippen LogP) is 5.39. The number of amides is 1.